The van der Waals surface area contributed by atoms with E-state index in [0.717, 1.165) is 17.5 Å². The van der Waals surface area contributed by atoms with E-state index in [-0.39, 0.29) is 0 Å². The third-order valence-electron chi connectivity index (χ3n) is 3.46. The maximum absolute atomic E-state index is 6.19. The van der Waals surface area contributed by atoms with Crippen molar-refractivity contribution in [2.75, 3.05) is 6.54 Å². The minimum atomic E-state index is 0.328. The van der Waals surface area contributed by atoms with E-state index in [0.29, 0.717) is 6.04 Å². The molecule has 92 valence electrons. The van der Waals surface area contributed by atoms with Gasteiger partial charge in [0, 0.05) is 11.1 Å². The number of rotatable bonds is 4. The lowest BCUT2D eigenvalue weighted by Crippen LogP contribution is -2.26. The summed E-state index contributed by atoms with van der Waals surface area (Å²) >= 11 is 6.19. The zero-order valence-corrected chi connectivity index (χ0v) is 11.1. The Labute approximate surface area is 109 Å². The second-order valence-electron chi connectivity index (χ2n) is 4.80. The summed E-state index contributed by atoms with van der Waals surface area (Å²) in [7, 11) is 0. The normalized spacial score (nSPS) is 21.4. The maximum atomic E-state index is 6.19. The highest BCUT2D eigenvalue weighted by molar-refractivity contribution is 6.31. The molecule has 0 amide bonds. The molecule has 0 fully saturated rings. The van der Waals surface area contributed by atoms with Crippen LogP contribution in [0.2, 0.25) is 5.02 Å². The fourth-order valence-electron chi connectivity index (χ4n) is 2.32. The molecule has 0 radical (unpaired) electrons. The second kappa shape index (κ2) is 6.23. The molecule has 0 spiro atoms. The first kappa shape index (κ1) is 12.7. The van der Waals surface area contributed by atoms with Crippen LogP contribution in [0.5, 0.6) is 0 Å². The predicted molar refractivity (Wildman–Crippen MR) is 74.4 cm³/mol. The Balaban J connectivity index is 1.87. The van der Waals surface area contributed by atoms with E-state index in [1.54, 1.807) is 0 Å². The molecule has 17 heavy (non-hydrogen) atoms. The van der Waals surface area contributed by atoms with Crippen LogP contribution in [0.4, 0.5) is 0 Å². The fourth-order valence-corrected chi connectivity index (χ4v) is 2.62. The minimum absolute atomic E-state index is 0.328. The molecule has 1 aromatic carbocycles. The lowest BCUT2D eigenvalue weighted by molar-refractivity contribution is 0.415. The quantitative estimate of drug-likeness (QED) is 0.783. The molecule has 0 saturated carbocycles. The Morgan fingerprint density at radius 2 is 2.18 bits per heavy atom. The van der Waals surface area contributed by atoms with Gasteiger partial charge in [-0.1, -0.05) is 42.0 Å². The Kier molecular flexibility index (Phi) is 4.64. The largest absolute Gasteiger partial charge is 0.310 e. The molecular formula is C15H20ClN. The van der Waals surface area contributed by atoms with Gasteiger partial charge in [-0.15, -0.1) is 0 Å². The summed E-state index contributed by atoms with van der Waals surface area (Å²) in [6, 6.07) is 8.40. The molecule has 0 bridgehead atoms. The highest BCUT2D eigenvalue weighted by Gasteiger charge is 2.13. The van der Waals surface area contributed by atoms with Gasteiger partial charge in [-0.3, -0.25) is 0 Å². The standard InChI is InChI=1S/C15H20ClN/c1-12(14-9-5-6-10-15(14)16)17-11-13-7-3-2-4-8-13/h2-3,5-6,9-10,12-13,17H,4,7-8,11H2,1H3/t12-,13?/m0/s1. The van der Waals surface area contributed by atoms with Crippen molar-refractivity contribution in [1.29, 1.82) is 0 Å². The van der Waals surface area contributed by atoms with Crippen molar-refractivity contribution in [3.63, 3.8) is 0 Å². The number of allylic oxidation sites excluding steroid dienone is 2. The molecule has 1 N–H and O–H groups in total. The van der Waals surface area contributed by atoms with Crippen LogP contribution in [0.25, 0.3) is 0 Å². The summed E-state index contributed by atoms with van der Waals surface area (Å²) in [6.45, 7) is 3.26. The molecule has 0 aromatic heterocycles. The van der Waals surface area contributed by atoms with E-state index < -0.39 is 0 Å². The molecule has 1 aliphatic rings. The summed E-state index contributed by atoms with van der Waals surface area (Å²) in [4.78, 5) is 0. The second-order valence-corrected chi connectivity index (χ2v) is 5.21. The van der Waals surface area contributed by atoms with Crippen LogP contribution in [-0.2, 0) is 0 Å². The third kappa shape index (κ3) is 3.58. The Hall–Kier alpha value is -0.790. The average molecular weight is 250 g/mol. The number of hydrogen-bond donors (Lipinski definition) is 1. The number of nitrogens with one attached hydrogen (secondary N) is 1. The zero-order valence-electron chi connectivity index (χ0n) is 10.3. The molecule has 1 aliphatic carbocycles. The molecule has 2 rings (SSSR count). The summed E-state index contributed by atoms with van der Waals surface area (Å²) in [5.74, 6) is 0.782. The van der Waals surface area contributed by atoms with Crippen LogP contribution in [0.3, 0.4) is 0 Å². The van der Waals surface area contributed by atoms with Crippen molar-refractivity contribution >= 4 is 11.6 Å². The average Bonchev–Trinajstić information content (AvgIpc) is 2.38. The first-order valence-corrected chi connectivity index (χ1v) is 6.78. The highest BCUT2D eigenvalue weighted by atomic mass is 35.5. The van der Waals surface area contributed by atoms with Gasteiger partial charge in [-0.2, -0.15) is 0 Å². The first-order valence-electron chi connectivity index (χ1n) is 6.40. The smallest absolute Gasteiger partial charge is 0.0453 e. The van der Waals surface area contributed by atoms with E-state index in [9.17, 15) is 0 Å². The van der Waals surface area contributed by atoms with Crippen LogP contribution >= 0.6 is 11.6 Å². The van der Waals surface area contributed by atoms with Gasteiger partial charge < -0.3 is 5.32 Å². The van der Waals surface area contributed by atoms with Crippen molar-refractivity contribution < 1.29 is 0 Å². The molecular weight excluding hydrogens is 230 g/mol. The van der Waals surface area contributed by atoms with E-state index >= 15 is 0 Å². The molecule has 1 nitrogen and oxygen atoms in total. The van der Waals surface area contributed by atoms with Crippen LogP contribution in [0.15, 0.2) is 36.4 Å². The zero-order chi connectivity index (χ0) is 12.1. The van der Waals surface area contributed by atoms with Gasteiger partial charge >= 0.3 is 0 Å². The maximum Gasteiger partial charge on any atom is 0.0453 e. The highest BCUT2D eigenvalue weighted by Crippen LogP contribution is 2.23. The van der Waals surface area contributed by atoms with Crippen LogP contribution in [0, 0.1) is 5.92 Å². The van der Waals surface area contributed by atoms with Crippen LogP contribution < -0.4 is 5.32 Å². The topological polar surface area (TPSA) is 12.0 Å². The minimum Gasteiger partial charge on any atom is -0.310 e. The molecule has 1 aromatic rings. The number of hydrogen-bond acceptors (Lipinski definition) is 1. The van der Waals surface area contributed by atoms with Gasteiger partial charge in [0.1, 0.15) is 0 Å². The number of benzene rings is 1. The van der Waals surface area contributed by atoms with E-state index in [4.69, 9.17) is 11.6 Å². The summed E-state index contributed by atoms with van der Waals surface area (Å²) in [6.07, 6.45) is 8.33. The van der Waals surface area contributed by atoms with Crippen molar-refractivity contribution in [2.24, 2.45) is 5.92 Å². The van der Waals surface area contributed by atoms with Gasteiger partial charge in [0.05, 0.1) is 0 Å². The molecule has 2 heteroatoms. The first-order chi connectivity index (χ1) is 8.27. The van der Waals surface area contributed by atoms with E-state index in [1.807, 2.05) is 18.2 Å². The number of halogens is 1. The van der Waals surface area contributed by atoms with Crippen molar-refractivity contribution in [1.82, 2.24) is 5.32 Å². The van der Waals surface area contributed by atoms with Gasteiger partial charge in [-0.25, -0.2) is 0 Å². The predicted octanol–water partition coefficient (Wildman–Crippen LogP) is 4.35. The summed E-state index contributed by atoms with van der Waals surface area (Å²) in [5, 5.41) is 4.45. The lowest BCUT2D eigenvalue weighted by atomic mass is 9.94. The molecule has 0 aliphatic heterocycles. The Bertz CT molecular complexity index is 386. The van der Waals surface area contributed by atoms with Gasteiger partial charge in [0.25, 0.3) is 0 Å². The molecule has 0 heterocycles. The SMILES string of the molecule is C[C@H](NCC1CC=CCC1)c1ccccc1Cl. The van der Waals surface area contributed by atoms with Gasteiger partial charge in [0.15, 0.2) is 0 Å². The monoisotopic (exact) mass is 249 g/mol. The molecule has 2 atom stereocenters. The van der Waals surface area contributed by atoms with Crippen LogP contribution in [-0.4, -0.2) is 6.54 Å². The van der Waals surface area contributed by atoms with Crippen LogP contribution in [0.1, 0.15) is 37.8 Å². The van der Waals surface area contributed by atoms with Gasteiger partial charge in [0.2, 0.25) is 0 Å². The Morgan fingerprint density at radius 1 is 1.35 bits per heavy atom. The Morgan fingerprint density at radius 3 is 2.88 bits per heavy atom. The lowest BCUT2D eigenvalue weighted by Gasteiger charge is -2.22. The van der Waals surface area contributed by atoms with Crippen molar-refractivity contribution in [3.8, 4) is 0 Å². The van der Waals surface area contributed by atoms with Crippen molar-refractivity contribution in [2.45, 2.75) is 32.2 Å². The van der Waals surface area contributed by atoms with E-state index in [2.05, 4.69) is 30.5 Å². The molecule has 0 saturated heterocycles. The third-order valence-corrected chi connectivity index (χ3v) is 3.81. The fraction of sp³-hybridized carbons (Fsp3) is 0.467. The molecule has 1 unspecified atom stereocenters. The van der Waals surface area contributed by atoms with Crippen molar-refractivity contribution in [3.05, 3.63) is 47.0 Å². The summed E-state index contributed by atoms with van der Waals surface area (Å²) in [5.41, 5.74) is 1.19. The summed E-state index contributed by atoms with van der Waals surface area (Å²) < 4.78 is 0. The van der Waals surface area contributed by atoms with E-state index in [1.165, 1.54) is 24.8 Å². The van der Waals surface area contributed by atoms with Gasteiger partial charge in [-0.05, 0) is 50.3 Å².